The van der Waals surface area contributed by atoms with Crippen LogP contribution in [0.2, 0.25) is 0 Å². The lowest BCUT2D eigenvalue weighted by molar-refractivity contribution is 0.391. The van der Waals surface area contributed by atoms with E-state index in [2.05, 4.69) is 13.8 Å². The van der Waals surface area contributed by atoms with Crippen LogP contribution in [0, 0.1) is 6.92 Å². The van der Waals surface area contributed by atoms with Gasteiger partial charge < -0.3 is 15.2 Å². The highest BCUT2D eigenvalue weighted by Crippen LogP contribution is 2.40. The van der Waals surface area contributed by atoms with Crippen LogP contribution in [0.1, 0.15) is 19.4 Å². The molecule has 1 rings (SSSR count). The van der Waals surface area contributed by atoms with Crippen molar-refractivity contribution in [3.63, 3.8) is 0 Å². The first-order valence-corrected chi connectivity index (χ1v) is 6.37. The van der Waals surface area contributed by atoms with Crippen LogP contribution in [0.5, 0.6) is 11.5 Å². The van der Waals surface area contributed by atoms with Crippen molar-refractivity contribution in [3.8, 4) is 11.5 Å². The molecule has 3 nitrogen and oxygen atoms in total. The Morgan fingerprint density at radius 3 is 2.24 bits per heavy atom. The quantitative estimate of drug-likeness (QED) is 0.822. The lowest BCUT2D eigenvalue weighted by Gasteiger charge is -2.23. The summed E-state index contributed by atoms with van der Waals surface area (Å²) in [5, 5.41) is 0. The lowest BCUT2D eigenvalue weighted by Crippen LogP contribution is -2.26. The Bertz CT molecular complexity index is 391. The molecule has 17 heavy (non-hydrogen) atoms. The highest BCUT2D eigenvalue weighted by molar-refractivity contribution is 8.00. The molecule has 0 atom stereocenters. The molecule has 4 heteroatoms. The van der Waals surface area contributed by atoms with Crippen molar-refractivity contribution in [1.29, 1.82) is 0 Å². The molecule has 0 saturated heterocycles. The predicted octanol–water partition coefficient (Wildman–Crippen LogP) is 2.84. The first-order chi connectivity index (χ1) is 7.93. The van der Waals surface area contributed by atoms with Crippen LogP contribution in [0.15, 0.2) is 17.0 Å². The van der Waals surface area contributed by atoms with Crippen molar-refractivity contribution in [2.45, 2.75) is 30.4 Å². The first kappa shape index (κ1) is 14.2. The Labute approximate surface area is 108 Å². The summed E-state index contributed by atoms with van der Waals surface area (Å²) in [5.41, 5.74) is 6.82. The summed E-state index contributed by atoms with van der Waals surface area (Å²) < 4.78 is 10.7. The number of benzene rings is 1. The Kier molecular flexibility index (Phi) is 4.71. The maximum Gasteiger partial charge on any atom is 0.132 e. The summed E-state index contributed by atoms with van der Waals surface area (Å²) in [6.07, 6.45) is 0. The number of methoxy groups -OCH3 is 2. The van der Waals surface area contributed by atoms with Crippen molar-refractivity contribution in [2.24, 2.45) is 5.73 Å². The summed E-state index contributed by atoms with van der Waals surface area (Å²) in [6.45, 7) is 6.84. The molecule has 0 amide bonds. The van der Waals surface area contributed by atoms with E-state index in [4.69, 9.17) is 15.2 Å². The molecule has 0 aliphatic heterocycles. The zero-order valence-corrected chi connectivity index (χ0v) is 12.0. The Hall–Kier alpha value is -0.870. The number of hydrogen-bond donors (Lipinski definition) is 1. The van der Waals surface area contributed by atoms with Crippen LogP contribution in [0.25, 0.3) is 0 Å². The van der Waals surface area contributed by atoms with E-state index in [-0.39, 0.29) is 4.75 Å². The lowest BCUT2D eigenvalue weighted by atomic mass is 10.2. The van der Waals surface area contributed by atoms with Crippen LogP contribution < -0.4 is 15.2 Å². The number of aryl methyl sites for hydroxylation is 1. The van der Waals surface area contributed by atoms with Crippen molar-refractivity contribution in [3.05, 3.63) is 17.7 Å². The molecule has 0 aromatic heterocycles. The van der Waals surface area contributed by atoms with Crippen LogP contribution in [0.4, 0.5) is 0 Å². The minimum absolute atomic E-state index is 0.0203. The normalized spacial score (nSPS) is 11.4. The van der Waals surface area contributed by atoms with E-state index in [0.29, 0.717) is 6.54 Å². The monoisotopic (exact) mass is 255 g/mol. The Morgan fingerprint density at radius 1 is 1.18 bits per heavy atom. The number of hydrogen-bond acceptors (Lipinski definition) is 4. The maximum absolute atomic E-state index is 5.75. The van der Waals surface area contributed by atoms with Gasteiger partial charge in [-0.25, -0.2) is 0 Å². The number of rotatable bonds is 5. The summed E-state index contributed by atoms with van der Waals surface area (Å²) >= 11 is 1.71. The molecule has 0 bridgehead atoms. The van der Waals surface area contributed by atoms with E-state index in [1.807, 2.05) is 19.1 Å². The average molecular weight is 255 g/mol. The minimum Gasteiger partial charge on any atom is -0.496 e. The van der Waals surface area contributed by atoms with E-state index in [0.717, 1.165) is 22.0 Å². The van der Waals surface area contributed by atoms with Crippen LogP contribution in [-0.4, -0.2) is 25.5 Å². The second-order valence-electron chi connectivity index (χ2n) is 4.54. The fourth-order valence-corrected chi connectivity index (χ4v) is 2.53. The van der Waals surface area contributed by atoms with Crippen LogP contribution in [0.3, 0.4) is 0 Å². The average Bonchev–Trinajstić information content (AvgIpc) is 2.30. The summed E-state index contributed by atoms with van der Waals surface area (Å²) in [5.74, 6) is 1.75. The molecule has 1 aromatic rings. The van der Waals surface area contributed by atoms with Gasteiger partial charge in [0.25, 0.3) is 0 Å². The van der Waals surface area contributed by atoms with Crippen molar-refractivity contribution < 1.29 is 9.47 Å². The first-order valence-electron chi connectivity index (χ1n) is 5.55. The molecule has 96 valence electrons. The van der Waals surface area contributed by atoms with E-state index < -0.39 is 0 Å². The van der Waals surface area contributed by atoms with E-state index >= 15 is 0 Å². The zero-order valence-electron chi connectivity index (χ0n) is 11.2. The highest BCUT2D eigenvalue weighted by Gasteiger charge is 2.20. The fourth-order valence-electron chi connectivity index (χ4n) is 1.44. The Balaban J connectivity index is 3.12. The number of thioether (sulfide) groups is 1. The van der Waals surface area contributed by atoms with Gasteiger partial charge in [0.1, 0.15) is 11.5 Å². The standard InChI is InChI=1S/C13H21NO2S/c1-9-6-11(16-5)12(7-10(9)15-4)17-13(2,3)8-14/h6-7H,8,14H2,1-5H3. The third-order valence-electron chi connectivity index (χ3n) is 2.56. The topological polar surface area (TPSA) is 44.5 Å². The smallest absolute Gasteiger partial charge is 0.132 e. The molecule has 2 N–H and O–H groups in total. The number of nitrogens with two attached hydrogens (primary N) is 1. The summed E-state index contributed by atoms with van der Waals surface area (Å²) in [7, 11) is 3.36. The molecular formula is C13H21NO2S. The van der Waals surface area contributed by atoms with Gasteiger partial charge in [-0.2, -0.15) is 0 Å². The summed E-state index contributed by atoms with van der Waals surface area (Å²) in [4.78, 5) is 1.06. The van der Waals surface area contributed by atoms with E-state index in [9.17, 15) is 0 Å². The van der Waals surface area contributed by atoms with E-state index in [1.54, 1.807) is 26.0 Å². The van der Waals surface area contributed by atoms with Crippen molar-refractivity contribution in [1.82, 2.24) is 0 Å². The van der Waals surface area contributed by atoms with Gasteiger partial charge in [0, 0.05) is 11.3 Å². The molecule has 0 aliphatic carbocycles. The molecule has 1 aromatic carbocycles. The SMILES string of the molecule is COc1cc(SC(C)(C)CN)c(OC)cc1C. The van der Waals surface area contributed by atoms with Gasteiger partial charge in [-0.15, -0.1) is 11.8 Å². The minimum atomic E-state index is -0.0203. The number of ether oxygens (including phenoxy) is 2. The van der Waals surface area contributed by atoms with Gasteiger partial charge in [-0.1, -0.05) is 0 Å². The van der Waals surface area contributed by atoms with Gasteiger partial charge in [-0.05, 0) is 38.5 Å². The van der Waals surface area contributed by atoms with Gasteiger partial charge >= 0.3 is 0 Å². The van der Waals surface area contributed by atoms with Gasteiger partial charge in [0.2, 0.25) is 0 Å². The van der Waals surface area contributed by atoms with Gasteiger partial charge in [-0.3, -0.25) is 0 Å². The second-order valence-corrected chi connectivity index (χ2v) is 6.29. The zero-order chi connectivity index (χ0) is 13.1. The molecule has 0 radical (unpaired) electrons. The molecule has 0 aliphatic rings. The third kappa shape index (κ3) is 3.54. The predicted molar refractivity (Wildman–Crippen MR) is 73.3 cm³/mol. The molecule has 0 unspecified atom stereocenters. The molecule has 0 saturated carbocycles. The van der Waals surface area contributed by atoms with Crippen LogP contribution in [-0.2, 0) is 0 Å². The molecule has 0 spiro atoms. The van der Waals surface area contributed by atoms with Crippen LogP contribution >= 0.6 is 11.8 Å². The van der Waals surface area contributed by atoms with Gasteiger partial charge in [0.15, 0.2) is 0 Å². The van der Waals surface area contributed by atoms with E-state index in [1.165, 1.54) is 0 Å². The highest BCUT2D eigenvalue weighted by atomic mass is 32.2. The fraction of sp³-hybridized carbons (Fsp3) is 0.538. The molecule has 0 fully saturated rings. The maximum atomic E-state index is 5.75. The third-order valence-corrected chi connectivity index (χ3v) is 3.82. The largest absolute Gasteiger partial charge is 0.496 e. The summed E-state index contributed by atoms with van der Waals surface area (Å²) in [6, 6.07) is 4.00. The molecular weight excluding hydrogens is 234 g/mol. The van der Waals surface area contributed by atoms with Gasteiger partial charge in [0.05, 0.1) is 19.1 Å². The molecule has 0 heterocycles. The van der Waals surface area contributed by atoms with Crippen molar-refractivity contribution >= 4 is 11.8 Å². The second kappa shape index (κ2) is 5.65. The van der Waals surface area contributed by atoms with Crippen molar-refractivity contribution in [2.75, 3.05) is 20.8 Å². The Morgan fingerprint density at radius 2 is 1.76 bits per heavy atom.